The molecule has 6 nitrogen and oxygen atoms in total. The van der Waals surface area contributed by atoms with Gasteiger partial charge in [0.25, 0.3) is 5.91 Å². The van der Waals surface area contributed by atoms with Crippen LogP contribution in [0, 0.1) is 13.8 Å². The molecule has 0 atom stereocenters. The van der Waals surface area contributed by atoms with E-state index in [1.807, 2.05) is 23.6 Å². The van der Waals surface area contributed by atoms with Crippen LogP contribution in [-0.2, 0) is 0 Å². The van der Waals surface area contributed by atoms with Crippen LogP contribution in [0.1, 0.15) is 21.5 Å². The number of anilines is 1. The summed E-state index contributed by atoms with van der Waals surface area (Å²) in [5, 5.41) is 7.07. The van der Waals surface area contributed by atoms with Crippen molar-refractivity contribution < 1.29 is 24.2 Å². The zero-order valence-corrected chi connectivity index (χ0v) is 20.3. The highest BCUT2D eigenvalue weighted by Crippen LogP contribution is 3.02. The lowest BCUT2D eigenvalue weighted by molar-refractivity contribution is 0.102. The fraction of sp³-hybridized carbons (Fsp3) is 0.0800. The first kappa shape index (κ1) is 24.5. The summed E-state index contributed by atoms with van der Waals surface area (Å²) in [6.07, 6.45) is 6.90. The molecule has 5 aromatic rings. The van der Waals surface area contributed by atoms with Gasteiger partial charge in [0.15, 0.2) is 0 Å². The number of hydrogen-bond acceptors (Lipinski definition) is 3. The minimum absolute atomic E-state index is 0.111. The highest BCUT2D eigenvalue weighted by Gasteiger charge is 2.65. The van der Waals surface area contributed by atoms with Crippen molar-refractivity contribution in [1.29, 1.82) is 0 Å². The van der Waals surface area contributed by atoms with E-state index in [9.17, 15) is 24.2 Å². The lowest BCUT2D eigenvalue weighted by atomic mass is 10.1. The molecule has 1 N–H and O–H groups in total. The topological polar surface area (TPSA) is 64.2 Å². The van der Waals surface area contributed by atoms with E-state index >= 15 is 0 Å². The molecule has 5 rings (SSSR count). The van der Waals surface area contributed by atoms with Crippen LogP contribution in [0.4, 0.5) is 25.1 Å². The maximum absolute atomic E-state index is 13.3. The van der Waals surface area contributed by atoms with Crippen molar-refractivity contribution in [1.82, 2.24) is 19.2 Å². The molecular formula is C25H20F5N5OS. The zero-order chi connectivity index (χ0) is 26.7. The molecule has 0 fully saturated rings. The molecule has 0 unspecified atom stereocenters. The van der Waals surface area contributed by atoms with Crippen LogP contribution < -0.4 is 5.32 Å². The number of rotatable bonds is 5. The Labute approximate surface area is 208 Å². The molecule has 0 saturated carbocycles. The van der Waals surface area contributed by atoms with Crippen molar-refractivity contribution in [2.45, 2.75) is 18.7 Å². The zero-order valence-electron chi connectivity index (χ0n) is 19.5. The van der Waals surface area contributed by atoms with E-state index in [0.29, 0.717) is 17.4 Å². The van der Waals surface area contributed by atoms with Gasteiger partial charge in [-0.15, -0.1) is 0 Å². The van der Waals surface area contributed by atoms with Gasteiger partial charge in [-0.25, -0.2) is 4.52 Å². The number of halogens is 5. The SMILES string of the molecule is Cc1cc(C(=O)Nc2ccc(C)c(-n3ccn4nc(-c5cccnc5)cc34)c2)cc(S(F)(F)(F)(F)F)c1. The fourth-order valence-electron chi connectivity index (χ4n) is 3.99. The third-order valence-corrected chi connectivity index (χ3v) is 6.89. The largest absolute Gasteiger partial charge is 0.322 e. The highest BCUT2D eigenvalue weighted by atomic mass is 32.5. The third kappa shape index (κ3) is 4.92. The number of carbonyl (C=O) groups is 1. The number of amides is 1. The van der Waals surface area contributed by atoms with Crippen molar-refractivity contribution in [3.8, 4) is 16.9 Å². The number of nitrogens with one attached hydrogen (secondary N) is 1. The molecule has 0 saturated heterocycles. The first-order chi connectivity index (χ1) is 17.2. The number of carbonyl (C=O) groups excluding carboxylic acids is 1. The Morgan fingerprint density at radius 1 is 0.946 bits per heavy atom. The average Bonchev–Trinajstić information content (AvgIpc) is 3.40. The number of nitrogens with zero attached hydrogens (tertiary/aromatic N) is 4. The summed E-state index contributed by atoms with van der Waals surface area (Å²) in [5.41, 5.74) is 3.44. The van der Waals surface area contributed by atoms with E-state index in [4.69, 9.17) is 0 Å². The molecule has 0 aliphatic heterocycles. The summed E-state index contributed by atoms with van der Waals surface area (Å²) < 4.78 is 70.3. The number of aryl methyl sites for hydroxylation is 2. The Kier molecular flexibility index (Phi) is 5.07. The number of aromatic nitrogens is 4. The maximum Gasteiger partial charge on any atom is 0.310 e. The van der Waals surface area contributed by atoms with Crippen LogP contribution in [0.5, 0.6) is 0 Å². The maximum atomic E-state index is 13.3. The molecule has 12 heteroatoms. The lowest BCUT2D eigenvalue weighted by Crippen LogP contribution is -2.14. The summed E-state index contributed by atoms with van der Waals surface area (Å²) in [6, 6.07) is 12.2. The van der Waals surface area contributed by atoms with Crippen molar-refractivity contribution in [2.24, 2.45) is 0 Å². The quantitative estimate of drug-likeness (QED) is 0.235. The highest BCUT2D eigenvalue weighted by molar-refractivity contribution is 8.45. The van der Waals surface area contributed by atoms with E-state index < -0.39 is 26.6 Å². The van der Waals surface area contributed by atoms with Crippen LogP contribution in [0.3, 0.4) is 0 Å². The number of fused-ring (bicyclic) bond motifs is 1. The Hall–Kier alpha value is -4.19. The minimum atomic E-state index is -9.95. The van der Waals surface area contributed by atoms with Crippen molar-refractivity contribution in [3.05, 3.63) is 96.1 Å². The molecule has 192 valence electrons. The number of benzene rings is 2. The second-order valence-electron chi connectivity index (χ2n) is 8.70. The summed E-state index contributed by atoms with van der Waals surface area (Å²) >= 11 is 0. The van der Waals surface area contributed by atoms with E-state index in [0.717, 1.165) is 22.8 Å². The van der Waals surface area contributed by atoms with Gasteiger partial charge in [0.05, 0.1) is 11.4 Å². The molecule has 0 aliphatic rings. The summed E-state index contributed by atoms with van der Waals surface area (Å²) in [4.78, 5) is 14.8. The molecule has 3 heterocycles. The fourth-order valence-corrected chi connectivity index (χ4v) is 4.75. The van der Waals surface area contributed by atoms with Crippen molar-refractivity contribution in [2.75, 3.05) is 5.32 Å². The third-order valence-electron chi connectivity index (χ3n) is 5.76. The van der Waals surface area contributed by atoms with Crippen molar-refractivity contribution in [3.63, 3.8) is 0 Å². The standard InChI is InChI=1S/C25H20F5N5OS/c1-16-10-19(12-21(11-16)37(26,27,28,29)30)25(36)32-20-6-5-17(2)23(13-20)34-8-9-35-24(34)14-22(33-35)18-4-3-7-31-15-18/h3-15H,1-2H3,(H,32,36). The molecule has 37 heavy (non-hydrogen) atoms. The van der Waals surface area contributed by atoms with E-state index in [2.05, 4.69) is 15.4 Å². The Morgan fingerprint density at radius 3 is 2.43 bits per heavy atom. The van der Waals surface area contributed by atoms with E-state index in [-0.39, 0.29) is 17.3 Å². The Bertz CT molecular complexity index is 1680. The number of imidazole rings is 1. The van der Waals surface area contributed by atoms with Gasteiger partial charge in [0.1, 0.15) is 10.5 Å². The van der Waals surface area contributed by atoms with Gasteiger partial charge in [0, 0.05) is 47.7 Å². The van der Waals surface area contributed by atoms with Gasteiger partial charge in [-0.1, -0.05) is 25.5 Å². The van der Waals surface area contributed by atoms with Crippen LogP contribution >= 0.6 is 10.2 Å². The molecule has 0 aliphatic carbocycles. The smallest absolute Gasteiger partial charge is 0.310 e. The van der Waals surface area contributed by atoms with Gasteiger partial charge >= 0.3 is 10.2 Å². The van der Waals surface area contributed by atoms with Crippen LogP contribution in [0.15, 0.2) is 84.3 Å². The van der Waals surface area contributed by atoms with Gasteiger partial charge < -0.3 is 5.32 Å². The molecule has 2 aromatic carbocycles. The Morgan fingerprint density at radius 2 is 1.73 bits per heavy atom. The lowest BCUT2D eigenvalue weighted by Gasteiger charge is -2.40. The average molecular weight is 534 g/mol. The normalized spacial score (nSPS) is 13.8. The minimum Gasteiger partial charge on any atom is -0.322 e. The molecular weight excluding hydrogens is 513 g/mol. The summed E-state index contributed by atoms with van der Waals surface area (Å²) in [6.45, 7) is 3.08. The molecule has 0 radical (unpaired) electrons. The number of pyridine rings is 1. The Balaban J connectivity index is 1.48. The van der Waals surface area contributed by atoms with E-state index in [1.54, 1.807) is 53.6 Å². The molecule has 0 bridgehead atoms. The van der Waals surface area contributed by atoms with Crippen LogP contribution in [0.2, 0.25) is 0 Å². The number of hydrogen-bond donors (Lipinski definition) is 1. The first-order valence-corrected chi connectivity index (χ1v) is 12.9. The van der Waals surface area contributed by atoms with Gasteiger partial charge in [0.2, 0.25) is 0 Å². The van der Waals surface area contributed by atoms with Crippen LogP contribution in [-0.4, -0.2) is 25.1 Å². The second-order valence-corrected chi connectivity index (χ2v) is 11.1. The van der Waals surface area contributed by atoms with E-state index in [1.165, 1.54) is 6.92 Å². The second kappa shape index (κ2) is 7.65. The first-order valence-electron chi connectivity index (χ1n) is 10.9. The summed E-state index contributed by atoms with van der Waals surface area (Å²) in [7, 11) is -9.95. The molecule has 3 aromatic heterocycles. The molecule has 0 spiro atoms. The van der Waals surface area contributed by atoms with Crippen LogP contribution in [0.25, 0.3) is 22.6 Å². The van der Waals surface area contributed by atoms with Crippen molar-refractivity contribution >= 4 is 27.5 Å². The predicted octanol–water partition coefficient (Wildman–Crippen LogP) is 7.71. The summed E-state index contributed by atoms with van der Waals surface area (Å²) in [5.74, 6) is -0.942. The predicted molar refractivity (Wildman–Crippen MR) is 133 cm³/mol. The molecule has 1 amide bonds. The van der Waals surface area contributed by atoms with Gasteiger partial charge in [-0.2, -0.15) is 5.10 Å². The monoisotopic (exact) mass is 533 g/mol. The van der Waals surface area contributed by atoms with Gasteiger partial charge in [-0.3, -0.25) is 14.3 Å². The van der Waals surface area contributed by atoms with Gasteiger partial charge in [-0.05, 0) is 67.4 Å².